The summed E-state index contributed by atoms with van der Waals surface area (Å²) in [6.07, 6.45) is -4.97. The molecule has 0 amide bonds. The molecule has 6 rings (SSSR count). The molecule has 1 heterocycles. The number of aliphatic hydroxyl groups is 4. The van der Waals surface area contributed by atoms with Gasteiger partial charge in [0.2, 0.25) is 0 Å². The first-order valence-electron chi connectivity index (χ1n) is 16.9. The summed E-state index contributed by atoms with van der Waals surface area (Å²) in [6.45, 7) is 12.3. The maximum atomic E-state index is 13.3. The second kappa shape index (κ2) is 11.1. The van der Waals surface area contributed by atoms with Gasteiger partial charge in [0.1, 0.15) is 24.4 Å². The predicted octanol–water partition coefficient (Wildman–Crippen LogP) is 2.72. The average Bonchev–Trinajstić information content (AvgIpc) is 2.98. The minimum atomic E-state index is -1.94. The van der Waals surface area contributed by atoms with Gasteiger partial charge in [0, 0.05) is 5.92 Å². The molecular weight excluding hydrogens is 612 g/mol. The number of fused-ring (bicyclic) bond motifs is 7. The van der Waals surface area contributed by atoms with Crippen molar-refractivity contribution in [3.63, 3.8) is 0 Å². The van der Waals surface area contributed by atoms with Crippen LogP contribution in [-0.4, -0.2) is 96.6 Å². The quantitative estimate of drug-likeness (QED) is 0.167. The molecule has 0 radical (unpaired) electrons. The summed E-state index contributed by atoms with van der Waals surface area (Å²) in [6, 6.07) is 0. The SMILES string of the molecule is C=C1CCC2(C(=O)O)CCC3(C)C(=CCC4C5(C)CC(O)C(OC6OC(C(=O)O)C(O)C(O)C6O)C(C)(C(=O)O)C5CCC43C)C2C1. The molecular formula is C35H50O12. The molecule has 15 unspecified atom stereocenters. The molecule has 7 N–H and O–H groups in total. The maximum absolute atomic E-state index is 13.3. The van der Waals surface area contributed by atoms with Gasteiger partial charge < -0.3 is 45.2 Å². The molecule has 5 aliphatic carbocycles. The molecule has 1 saturated heterocycles. The smallest absolute Gasteiger partial charge is 0.335 e. The van der Waals surface area contributed by atoms with Gasteiger partial charge in [-0.1, -0.05) is 44.6 Å². The van der Waals surface area contributed by atoms with Crippen molar-refractivity contribution in [2.45, 2.75) is 128 Å². The van der Waals surface area contributed by atoms with Gasteiger partial charge in [0.05, 0.1) is 16.9 Å². The zero-order valence-electron chi connectivity index (χ0n) is 27.6. The van der Waals surface area contributed by atoms with Crippen molar-refractivity contribution in [2.75, 3.05) is 0 Å². The van der Waals surface area contributed by atoms with Crippen LogP contribution in [0.4, 0.5) is 0 Å². The number of aliphatic hydroxyl groups excluding tert-OH is 4. The first kappa shape index (κ1) is 34.5. The van der Waals surface area contributed by atoms with E-state index in [1.54, 1.807) is 0 Å². The number of allylic oxidation sites excluding steroid dienone is 3. The summed E-state index contributed by atoms with van der Waals surface area (Å²) in [5.41, 5.74) is -1.62. The van der Waals surface area contributed by atoms with Crippen molar-refractivity contribution in [1.29, 1.82) is 0 Å². The Balaban J connectivity index is 1.36. The molecule has 47 heavy (non-hydrogen) atoms. The first-order chi connectivity index (χ1) is 21.8. The van der Waals surface area contributed by atoms with Crippen molar-refractivity contribution in [2.24, 2.45) is 44.8 Å². The average molecular weight is 663 g/mol. The fraction of sp³-hybridized carbons (Fsp3) is 0.800. The van der Waals surface area contributed by atoms with Gasteiger partial charge in [-0.25, -0.2) is 4.79 Å². The Morgan fingerprint density at radius 1 is 0.894 bits per heavy atom. The second-order valence-corrected chi connectivity index (χ2v) is 16.4. The minimum Gasteiger partial charge on any atom is -0.481 e. The number of aliphatic carboxylic acids is 3. The number of carboxylic acid groups (broad SMARTS) is 3. The summed E-state index contributed by atoms with van der Waals surface area (Å²) in [5, 5.41) is 73.8. The molecule has 0 spiro atoms. The van der Waals surface area contributed by atoms with Crippen LogP contribution in [0.3, 0.4) is 0 Å². The molecule has 0 aromatic rings. The molecule has 0 bridgehead atoms. The normalized spacial score (nSPS) is 52.6. The number of carboxylic acids is 3. The third kappa shape index (κ3) is 4.50. The van der Waals surface area contributed by atoms with E-state index in [4.69, 9.17) is 9.47 Å². The highest BCUT2D eigenvalue weighted by molar-refractivity contribution is 5.77. The number of rotatable bonds is 5. The molecule has 15 atom stereocenters. The summed E-state index contributed by atoms with van der Waals surface area (Å²) < 4.78 is 11.3. The van der Waals surface area contributed by atoms with Gasteiger partial charge in [-0.15, -0.1) is 0 Å². The van der Waals surface area contributed by atoms with Gasteiger partial charge in [-0.3, -0.25) is 9.59 Å². The molecule has 5 fully saturated rings. The monoisotopic (exact) mass is 662 g/mol. The van der Waals surface area contributed by atoms with Gasteiger partial charge in [0.15, 0.2) is 12.4 Å². The molecule has 6 aliphatic rings. The minimum absolute atomic E-state index is 0.0502. The van der Waals surface area contributed by atoms with Crippen LogP contribution in [0.5, 0.6) is 0 Å². The Morgan fingerprint density at radius 3 is 2.19 bits per heavy atom. The highest BCUT2D eigenvalue weighted by Gasteiger charge is 2.72. The number of hydrogen-bond donors (Lipinski definition) is 7. The van der Waals surface area contributed by atoms with E-state index in [1.807, 2.05) is 6.92 Å². The second-order valence-electron chi connectivity index (χ2n) is 16.4. The standard InChI is InChI=1S/C35H50O12/c1-16-8-11-35(30(44)45)13-12-32(3)17(18(35)14-16)6-7-20-31(2)15-19(36)26(34(5,29(42)43)21(31)9-10-33(20,32)4)47-28-24(39)22(37)23(38)25(46-28)27(40)41/h6,18-26,28,36-39H,1,7-15H2,2-5H3,(H,40,41)(H,42,43)(H,44,45). The topological polar surface area (TPSA) is 211 Å². The largest absolute Gasteiger partial charge is 0.481 e. The highest BCUT2D eigenvalue weighted by atomic mass is 16.7. The Labute approximate surface area is 274 Å². The molecule has 262 valence electrons. The van der Waals surface area contributed by atoms with E-state index in [0.29, 0.717) is 51.4 Å². The van der Waals surface area contributed by atoms with E-state index in [2.05, 4.69) is 26.5 Å². The van der Waals surface area contributed by atoms with Crippen LogP contribution >= 0.6 is 0 Å². The van der Waals surface area contributed by atoms with Crippen molar-refractivity contribution < 1.29 is 59.6 Å². The van der Waals surface area contributed by atoms with Crippen molar-refractivity contribution >= 4 is 17.9 Å². The number of ether oxygens (including phenoxy) is 2. The van der Waals surface area contributed by atoms with Gasteiger partial charge in [-0.05, 0) is 92.8 Å². The van der Waals surface area contributed by atoms with Crippen LogP contribution in [0, 0.1) is 44.8 Å². The maximum Gasteiger partial charge on any atom is 0.335 e. The molecule has 4 saturated carbocycles. The summed E-state index contributed by atoms with van der Waals surface area (Å²) in [5.74, 6) is -4.26. The van der Waals surface area contributed by atoms with Crippen LogP contribution < -0.4 is 0 Å². The molecule has 0 aromatic carbocycles. The number of hydrogen-bond acceptors (Lipinski definition) is 9. The van der Waals surface area contributed by atoms with Crippen molar-refractivity contribution in [3.8, 4) is 0 Å². The summed E-state index contributed by atoms with van der Waals surface area (Å²) in [7, 11) is 0. The summed E-state index contributed by atoms with van der Waals surface area (Å²) in [4.78, 5) is 37.8. The van der Waals surface area contributed by atoms with Gasteiger partial charge in [0.25, 0.3) is 0 Å². The molecule has 1 aliphatic heterocycles. The molecule has 0 aromatic heterocycles. The predicted molar refractivity (Wildman–Crippen MR) is 165 cm³/mol. The molecule has 12 nitrogen and oxygen atoms in total. The van der Waals surface area contributed by atoms with Crippen LogP contribution in [0.25, 0.3) is 0 Å². The van der Waals surface area contributed by atoms with E-state index in [1.165, 1.54) is 12.5 Å². The van der Waals surface area contributed by atoms with Crippen LogP contribution in [0.2, 0.25) is 0 Å². The number of carbonyl (C=O) groups is 3. The Kier molecular flexibility index (Phi) is 8.14. The van der Waals surface area contributed by atoms with Crippen LogP contribution in [-0.2, 0) is 23.9 Å². The van der Waals surface area contributed by atoms with Crippen LogP contribution in [0.15, 0.2) is 23.8 Å². The van der Waals surface area contributed by atoms with E-state index in [-0.39, 0.29) is 29.1 Å². The van der Waals surface area contributed by atoms with Crippen molar-refractivity contribution in [1.82, 2.24) is 0 Å². The third-order valence-corrected chi connectivity index (χ3v) is 14.6. The highest BCUT2D eigenvalue weighted by Crippen LogP contribution is 2.75. The lowest BCUT2D eigenvalue weighted by atomic mass is 9.33. The van der Waals surface area contributed by atoms with E-state index < -0.39 is 83.0 Å². The first-order valence-corrected chi connectivity index (χ1v) is 16.9. The fourth-order valence-corrected chi connectivity index (χ4v) is 11.8. The van der Waals surface area contributed by atoms with E-state index in [9.17, 15) is 50.1 Å². The lowest BCUT2D eigenvalue weighted by Crippen LogP contribution is -2.70. The summed E-state index contributed by atoms with van der Waals surface area (Å²) >= 11 is 0. The Morgan fingerprint density at radius 2 is 1.57 bits per heavy atom. The third-order valence-electron chi connectivity index (χ3n) is 14.6. The zero-order chi connectivity index (χ0) is 34.6. The van der Waals surface area contributed by atoms with Crippen molar-refractivity contribution in [3.05, 3.63) is 23.8 Å². The van der Waals surface area contributed by atoms with E-state index >= 15 is 0 Å². The Hall–Kier alpha value is -2.35. The molecule has 12 heteroatoms. The fourth-order valence-electron chi connectivity index (χ4n) is 11.8. The van der Waals surface area contributed by atoms with Gasteiger partial charge >= 0.3 is 17.9 Å². The Bertz CT molecular complexity index is 1390. The van der Waals surface area contributed by atoms with E-state index in [0.717, 1.165) is 5.57 Å². The zero-order valence-corrected chi connectivity index (χ0v) is 27.6. The van der Waals surface area contributed by atoms with Gasteiger partial charge in [-0.2, -0.15) is 0 Å². The lowest BCUT2D eigenvalue weighted by molar-refractivity contribution is -0.335. The van der Waals surface area contributed by atoms with Crippen LogP contribution in [0.1, 0.15) is 85.5 Å². The lowest BCUT2D eigenvalue weighted by Gasteiger charge is -2.71.